The van der Waals surface area contributed by atoms with Crippen LogP contribution in [0.5, 0.6) is 5.75 Å². The minimum atomic E-state index is -0.407. The Labute approximate surface area is 172 Å². The highest BCUT2D eigenvalue weighted by Gasteiger charge is 2.21. The highest BCUT2D eigenvalue weighted by Crippen LogP contribution is 2.18. The van der Waals surface area contributed by atoms with Crippen molar-refractivity contribution in [1.82, 2.24) is 14.7 Å². The lowest BCUT2D eigenvalue weighted by molar-refractivity contribution is -0.132. The molecule has 0 unspecified atom stereocenters. The number of methoxy groups -OCH3 is 1. The fourth-order valence-electron chi connectivity index (χ4n) is 3.66. The van der Waals surface area contributed by atoms with E-state index >= 15 is 0 Å². The third-order valence-corrected chi connectivity index (χ3v) is 5.37. The number of halogens is 1. The van der Waals surface area contributed by atoms with E-state index in [-0.39, 0.29) is 11.7 Å². The summed E-state index contributed by atoms with van der Waals surface area (Å²) in [5, 5.41) is 0. The summed E-state index contributed by atoms with van der Waals surface area (Å²) in [4.78, 5) is 18.9. The molecule has 1 aliphatic heterocycles. The number of ether oxygens (including phenoxy) is 1. The number of piperazine rings is 1. The van der Waals surface area contributed by atoms with E-state index in [2.05, 4.69) is 41.0 Å². The molecule has 0 aromatic heterocycles. The lowest BCUT2D eigenvalue weighted by atomic mass is 10.1. The van der Waals surface area contributed by atoms with E-state index in [1.165, 1.54) is 24.3 Å². The van der Waals surface area contributed by atoms with Crippen LogP contribution in [0.4, 0.5) is 4.39 Å². The van der Waals surface area contributed by atoms with E-state index in [0.29, 0.717) is 13.1 Å². The SMILES string of the molecule is COc1ccc(CN(C)C(=O)CN2CCN(Cc3cccc(C)c3)CC2)cc1F. The van der Waals surface area contributed by atoms with Gasteiger partial charge in [0.1, 0.15) is 0 Å². The molecule has 29 heavy (non-hydrogen) atoms. The van der Waals surface area contributed by atoms with Gasteiger partial charge in [0.2, 0.25) is 5.91 Å². The van der Waals surface area contributed by atoms with Gasteiger partial charge in [-0.15, -0.1) is 0 Å². The fraction of sp³-hybridized carbons (Fsp3) is 0.435. The van der Waals surface area contributed by atoms with E-state index in [1.807, 2.05) is 0 Å². The van der Waals surface area contributed by atoms with Crippen LogP contribution in [0.25, 0.3) is 0 Å². The molecule has 1 saturated heterocycles. The summed E-state index contributed by atoms with van der Waals surface area (Å²) in [5.74, 6) is -0.143. The first-order valence-corrected chi connectivity index (χ1v) is 10.0. The minimum absolute atomic E-state index is 0.0494. The number of amides is 1. The molecular weight excluding hydrogens is 369 g/mol. The lowest BCUT2D eigenvalue weighted by Crippen LogP contribution is -2.49. The zero-order valence-electron chi connectivity index (χ0n) is 17.5. The van der Waals surface area contributed by atoms with Gasteiger partial charge in [0.05, 0.1) is 13.7 Å². The fourth-order valence-corrected chi connectivity index (χ4v) is 3.66. The van der Waals surface area contributed by atoms with E-state index < -0.39 is 5.82 Å². The van der Waals surface area contributed by atoms with Crippen molar-refractivity contribution < 1.29 is 13.9 Å². The van der Waals surface area contributed by atoms with Crippen LogP contribution in [0.15, 0.2) is 42.5 Å². The summed E-state index contributed by atoms with van der Waals surface area (Å²) in [6.45, 7) is 7.51. The molecule has 156 valence electrons. The molecule has 2 aromatic rings. The van der Waals surface area contributed by atoms with E-state index in [4.69, 9.17) is 4.74 Å². The molecule has 1 amide bonds. The summed E-state index contributed by atoms with van der Waals surface area (Å²) in [6.07, 6.45) is 0. The molecule has 0 bridgehead atoms. The van der Waals surface area contributed by atoms with Gasteiger partial charge in [-0.1, -0.05) is 35.9 Å². The zero-order valence-corrected chi connectivity index (χ0v) is 17.5. The highest BCUT2D eigenvalue weighted by molar-refractivity contribution is 5.78. The van der Waals surface area contributed by atoms with Crippen LogP contribution in [0, 0.1) is 12.7 Å². The van der Waals surface area contributed by atoms with Crippen molar-refractivity contribution >= 4 is 5.91 Å². The smallest absolute Gasteiger partial charge is 0.236 e. The Balaban J connectivity index is 1.44. The van der Waals surface area contributed by atoms with Crippen molar-refractivity contribution in [1.29, 1.82) is 0 Å². The number of aryl methyl sites for hydroxylation is 1. The van der Waals surface area contributed by atoms with Crippen molar-refractivity contribution in [3.63, 3.8) is 0 Å². The summed E-state index contributed by atoms with van der Waals surface area (Å²) >= 11 is 0. The van der Waals surface area contributed by atoms with Gasteiger partial charge in [0.15, 0.2) is 11.6 Å². The van der Waals surface area contributed by atoms with Gasteiger partial charge >= 0.3 is 0 Å². The molecule has 0 aliphatic carbocycles. The molecule has 6 heteroatoms. The first-order valence-electron chi connectivity index (χ1n) is 10.0. The average molecular weight is 400 g/mol. The van der Waals surface area contributed by atoms with Crippen LogP contribution in [-0.2, 0) is 17.9 Å². The van der Waals surface area contributed by atoms with E-state index in [1.54, 1.807) is 24.1 Å². The molecule has 1 aliphatic rings. The molecular formula is C23H30FN3O2. The first kappa shape index (κ1) is 21.3. The van der Waals surface area contributed by atoms with Gasteiger partial charge in [-0.2, -0.15) is 0 Å². The maximum Gasteiger partial charge on any atom is 0.236 e. The first-order chi connectivity index (χ1) is 13.9. The third kappa shape index (κ3) is 6.02. The van der Waals surface area contributed by atoms with Gasteiger partial charge in [0, 0.05) is 46.3 Å². The quantitative estimate of drug-likeness (QED) is 0.717. The second-order valence-corrected chi connectivity index (χ2v) is 7.76. The van der Waals surface area contributed by atoms with Crippen LogP contribution in [0.2, 0.25) is 0 Å². The molecule has 0 spiro atoms. The number of benzene rings is 2. The van der Waals surface area contributed by atoms with E-state index in [9.17, 15) is 9.18 Å². The van der Waals surface area contributed by atoms with Gasteiger partial charge in [0.25, 0.3) is 0 Å². The maximum atomic E-state index is 13.8. The third-order valence-electron chi connectivity index (χ3n) is 5.37. The number of likely N-dealkylation sites (N-methyl/N-ethyl adjacent to an activating group) is 1. The van der Waals surface area contributed by atoms with Gasteiger partial charge < -0.3 is 9.64 Å². The molecule has 5 nitrogen and oxygen atoms in total. The van der Waals surface area contributed by atoms with Crippen LogP contribution in [0.3, 0.4) is 0 Å². The predicted octanol–water partition coefficient (Wildman–Crippen LogP) is 2.92. The Kier molecular flexibility index (Phi) is 7.23. The number of rotatable bonds is 7. The molecule has 2 aromatic carbocycles. The van der Waals surface area contributed by atoms with Crippen molar-refractivity contribution in [2.24, 2.45) is 0 Å². The zero-order chi connectivity index (χ0) is 20.8. The average Bonchev–Trinajstić information content (AvgIpc) is 2.69. The standard InChI is InChI=1S/C23H30FN3O2/c1-18-5-4-6-19(13-18)16-26-9-11-27(12-10-26)17-23(28)25(2)15-20-7-8-22(29-3)21(24)14-20/h4-8,13-14H,9-12,15-17H2,1-3H3. The Morgan fingerprint density at radius 3 is 2.45 bits per heavy atom. The van der Waals surface area contributed by atoms with Crippen molar-refractivity contribution in [3.05, 3.63) is 65.0 Å². The molecule has 0 atom stereocenters. The summed E-state index contributed by atoms with van der Waals surface area (Å²) in [6, 6.07) is 13.4. The molecule has 0 N–H and O–H groups in total. The number of carbonyl (C=O) groups excluding carboxylic acids is 1. The molecule has 3 rings (SSSR count). The summed E-state index contributed by atoms with van der Waals surface area (Å²) in [5.41, 5.74) is 3.37. The lowest BCUT2D eigenvalue weighted by Gasteiger charge is -2.35. The van der Waals surface area contributed by atoms with Crippen molar-refractivity contribution in [2.45, 2.75) is 20.0 Å². The van der Waals surface area contributed by atoms with Crippen molar-refractivity contribution in [2.75, 3.05) is 46.9 Å². The second kappa shape index (κ2) is 9.85. The second-order valence-electron chi connectivity index (χ2n) is 7.76. The topological polar surface area (TPSA) is 36.0 Å². The Morgan fingerprint density at radius 2 is 1.79 bits per heavy atom. The Hall–Kier alpha value is -2.44. The van der Waals surface area contributed by atoms with Crippen LogP contribution in [-0.4, -0.2) is 67.5 Å². The Morgan fingerprint density at radius 1 is 1.07 bits per heavy atom. The van der Waals surface area contributed by atoms with Crippen LogP contribution < -0.4 is 4.74 Å². The van der Waals surface area contributed by atoms with Crippen LogP contribution in [0.1, 0.15) is 16.7 Å². The molecule has 0 saturated carbocycles. The summed E-state index contributed by atoms with van der Waals surface area (Å²) < 4.78 is 18.8. The monoisotopic (exact) mass is 399 g/mol. The van der Waals surface area contributed by atoms with Crippen LogP contribution >= 0.6 is 0 Å². The van der Waals surface area contributed by atoms with Gasteiger partial charge in [-0.3, -0.25) is 14.6 Å². The molecule has 1 fully saturated rings. The normalized spacial score (nSPS) is 15.3. The molecule has 0 radical (unpaired) electrons. The predicted molar refractivity (Wildman–Crippen MR) is 112 cm³/mol. The number of carbonyl (C=O) groups is 1. The number of hydrogen-bond donors (Lipinski definition) is 0. The molecule has 1 heterocycles. The van der Waals surface area contributed by atoms with Crippen molar-refractivity contribution in [3.8, 4) is 5.75 Å². The van der Waals surface area contributed by atoms with E-state index in [0.717, 1.165) is 38.3 Å². The van der Waals surface area contributed by atoms with Gasteiger partial charge in [-0.05, 0) is 30.2 Å². The largest absolute Gasteiger partial charge is 0.494 e. The Bertz CT molecular complexity index is 835. The van der Waals surface area contributed by atoms with Gasteiger partial charge in [-0.25, -0.2) is 4.39 Å². The number of nitrogens with zero attached hydrogens (tertiary/aromatic N) is 3. The number of hydrogen-bond acceptors (Lipinski definition) is 4. The highest BCUT2D eigenvalue weighted by atomic mass is 19.1. The maximum absolute atomic E-state index is 13.8. The summed E-state index contributed by atoms with van der Waals surface area (Å²) in [7, 11) is 3.20. The minimum Gasteiger partial charge on any atom is -0.494 e.